The lowest BCUT2D eigenvalue weighted by atomic mass is 9.99. The molecule has 1 saturated heterocycles. The summed E-state index contributed by atoms with van der Waals surface area (Å²) in [6, 6.07) is 8.65. The van der Waals surface area contributed by atoms with Crippen molar-refractivity contribution in [2.75, 3.05) is 38.2 Å². The zero-order valence-electron chi connectivity index (χ0n) is 17.4. The van der Waals surface area contributed by atoms with Crippen LogP contribution in [0, 0.1) is 5.92 Å². The van der Waals surface area contributed by atoms with Gasteiger partial charge in [0.15, 0.2) is 6.04 Å². The Labute approximate surface area is 162 Å². The molecule has 2 aromatic rings. The van der Waals surface area contributed by atoms with Crippen molar-refractivity contribution in [1.82, 2.24) is 20.2 Å². The number of hydrogen-bond acceptors (Lipinski definition) is 5. The lowest BCUT2D eigenvalue weighted by Crippen LogP contribution is -3.15. The van der Waals surface area contributed by atoms with Gasteiger partial charge in [-0.25, -0.2) is 4.68 Å². The highest BCUT2D eigenvalue weighted by molar-refractivity contribution is 5.49. The Morgan fingerprint density at radius 1 is 1.07 bits per heavy atom. The molecular weight excluding hydrogens is 340 g/mol. The summed E-state index contributed by atoms with van der Waals surface area (Å²) in [4.78, 5) is 4.02. The highest BCUT2D eigenvalue weighted by Crippen LogP contribution is 2.23. The lowest BCUT2D eigenvalue weighted by Gasteiger charge is -2.39. The fourth-order valence-corrected chi connectivity index (χ4v) is 3.97. The van der Waals surface area contributed by atoms with E-state index < -0.39 is 0 Å². The second-order valence-electron chi connectivity index (χ2n) is 8.68. The van der Waals surface area contributed by atoms with Crippen LogP contribution < -0.4 is 14.5 Å². The van der Waals surface area contributed by atoms with E-state index in [0.29, 0.717) is 12.0 Å². The van der Waals surface area contributed by atoms with E-state index in [1.54, 1.807) is 12.0 Å². The SMILES string of the molecule is COc1ccc(N2CC[NH+]([C@H](c3nnnn3C(C)(C)C)C(C)C)CC2)cc1. The number of piperazine rings is 1. The Balaban J connectivity index is 1.73. The van der Waals surface area contributed by atoms with Gasteiger partial charge in [0.25, 0.3) is 0 Å². The molecule has 1 aromatic heterocycles. The zero-order chi connectivity index (χ0) is 19.6. The normalized spacial score (nSPS) is 17.4. The van der Waals surface area contributed by atoms with Crippen molar-refractivity contribution in [2.24, 2.45) is 5.92 Å². The summed E-state index contributed by atoms with van der Waals surface area (Å²) in [5.74, 6) is 2.38. The van der Waals surface area contributed by atoms with Gasteiger partial charge in [0.1, 0.15) is 5.75 Å². The fraction of sp³-hybridized carbons (Fsp3) is 0.650. The molecule has 1 atom stereocenters. The van der Waals surface area contributed by atoms with E-state index in [1.165, 1.54) is 5.69 Å². The minimum absolute atomic E-state index is 0.115. The standard InChI is InChI=1S/C20H32N6O/c1-15(2)18(19-21-22-23-26(19)20(3,4)5)25-13-11-24(12-14-25)16-7-9-17(27-6)10-8-16/h7-10,15,18H,11-14H2,1-6H3/p+1/t18-/m0/s1. The number of rotatable bonds is 5. The molecule has 0 spiro atoms. The summed E-state index contributed by atoms with van der Waals surface area (Å²) in [5, 5.41) is 12.7. The van der Waals surface area contributed by atoms with Gasteiger partial charge in [-0.2, -0.15) is 0 Å². The summed E-state index contributed by atoms with van der Waals surface area (Å²) < 4.78 is 7.27. The maximum Gasteiger partial charge on any atom is 0.210 e. The molecule has 27 heavy (non-hydrogen) atoms. The molecule has 3 rings (SSSR count). The van der Waals surface area contributed by atoms with Gasteiger partial charge in [0, 0.05) is 11.6 Å². The first-order valence-corrected chi connectivity index (χ1v) is 9.83. The molecule has 1 N–H and O–H groups in total. The molecule has 0 unspecified atom stereocenters. The monoisotopic (exact) mass is 373 g/mol. The third-order valence-electron chi connectivity index (χ3n) is 5.36. The Morgan fingerprint density at radius 2 is 1.70 bits per heavy atom. The van der Waals surface area contributed by atoms with Crippen LogP contribution in [0.1, 0.15) is 46.5 Å². The number of ether oxygens (including phenoxy) is 1. The molecule has 1 aliphatic heterocycles. The average Bonchev–Trinajstić information content (AvgIpc) is 3.12. The number of benzene rings is 1. The first-order valence-electron chi connectivity index (χ1n) is 9.83. The zero-order valence-corrected chi connectivity index (χ0v) is 17.4. The van der Waals surface area contributed by atoms with Gasteiger partial charge in [-0.1, -0.05) is 13.8 Å². The van der Waals surface area contributed by atoms with Crippen molar-refractivity contribution in [3.8, 4) is 5.75 Å². The molecule has 148 valence electrons. The molecule has 0 aliphatic carbocycles. The largest absolute Gasteiger partial charge is 0.497 e. The molecule has 0 bridgehead atoms. The van der Waals surface area contributed by atoms with Gasteiger partial charge in [0.05, 0.1) is 38.8 Å². The number of methoxy groups -OCH3 is 1. The molecule has 0 radical (unpaired) electrons. The molecule has 1 aromatic carbocycles. The van der Waals surface area contributed by atoms with Gasteiger partial charge in [0.2, 0.25) is 5.82 Å². The molecule has 0 amide bonds. The lowest BCUT2D eigenvalue weighted by molar-refractivity contribution is -0.937. The fourth-order valence-electron chi connectivity index (χ4n) is 3.97. The van der Waals surface area contributed by atoms with E-state index in [2.05, 4.69) is 67.2 Å². The number of nitrogens with zero attached hydrogens (tertiary/aromatic N) is 5. The number of quaternary nitrogens is 1. The van der Waals surface area contributed by atoms with E-state index >= 15 is 0 Å². The van der Waals surface area contributed by atoms with Crippen molar-refractivity contribution in [1.29, 1.82) is 0 Å². The van der Waals surface area contributed by atoms with Crippen LogP contribution in [0.2, 0.25) is 0 Å². The number of aromatic nitrogens is 4. The third-order valence-corrected chi connectivity index (χ3v) is 5.36. The minimum atomic E-state index is -0.115. The summed E-state index contributed by atoms with van der Waals surface area (Å²) in [7, 11) is 1.70. The molecular formula is C20H33N6O+. The van der Waals surface area contributed by atoms with Crippen LogP contribution in [-0.2, 0) is 5.54 Å². The Bertz CT molecular complexity index is 726. The summed E-state index contributed by atoms with van der Waals surface area (Å²) in [5.41, 5.74) is 1.14. The van der Waals surface area contributed by atoms with Crippen LogP contribution in [0.5, 0.6) is 5.75 Å². The van der Waals surface area contributed by atoms with Gasteiger partial charge >= 0.3 is 0 Å². The van der Waals surface area contributed by atoms with Crippen molar-refractivity contribution in [3.63, 3.8) is 0 Å². The highest BCUT2D eigenvalue weighted by atomic mass is 16.5. The van der Waals surface area contributed by atoms with E-state index in [9.17, 15) is 0 Å². The molecule has 7 heteroatoms. The first-order chi connectivity index (χ1) is 12.8. The molecule has 7 nitrogen and oxygen atoms in total. The maximum atomic E-state index is 5.27. The van der Waals surface area contributed by atoms with E-state index in [1.807, 2.05) is 16.8 Å². The molecule has 0 saturated carbocycles. The molecule has 1 aliphatic rings. The predicted molar refractivity (Wildman–Crippen MR) is 106 cm³/mol. The number of tetrazole rings is 1. The first kappa shape index (κ1) is 19.6. The van der Waals surface area contributed by atoms with Gasteiger partial charge in [-0.15, -0.1) is 5.10 Å². The summed E-state index contributed by atoms with van der Waals surface area (Å²) in [6.45, 7) is 15.2. The molecule has 2 heterocycles. The van der Waals surface area contributed by atoms with Crippen LogP contribution >= 0.6 is 0 Å². The van der Waals surface area contributed by atoms with Crippen LogP contribution in [0.3, 0.4) is 0 Å². The second kappa shape index (κ2) is 7.84. The van der Waals surface area contributed by atoms with Crippen LogP contribution in [0.25, 0.3) is 0 Å². The Hall–Kier alpha value is -2.15. The number of hydrogen-bond donors (Lipinski definition) is 1. The number of nitrogens with one attached hydrogen (secondary N) is 1. The highest BCUT2D eigenvalue weighted by Gasteiger charge is 2.37. The Morgan fingerprint density at radius 3 is 2.22 bits per heavy atom. The topological polar surface area (TPSA) is 60.5 Å². The van der Waals surface area contributed by atoms with Crippen LogP contribution in [-0.4, -0.2) is 53.5 Å². The van der Waals surface area contributed by atoms with Crippen molar-refractivity contribution in [3.05, 3.63) is 30.1 Å². The van der Waals surface area contributed by atoms with Crippen LogP contribution in [0.15, 0.2) is 24.3 Å². The Kier molecular flexibility index (Phi) is 5.69. The van der Waals surface area contributed by atoms with Crippen molar-refractivity contribution < 1.29 is 9.64 Å². The second-order valence-corrected chi connectivity index (χ2v) is 8.68. The van der Waals surface area contributed by atoms with Crippen molar-refractivity contribution >= 4 is 5.69 Å². The third kappa shape index (κ3) is 4.24. The maximum absolute atomic E-state index is 5.27. The minimum Gasteiger partial charge on any atom is -0.497 e. The summed E-state index contributed by atoms with van der Waals surface area (Å²) >= 11 is 0. The molecule has 1 fully saturated rings. The quantitative estimate of drug-likeness (QED) is 0.861. The van der Waals surface area contributed by atoms with Crippen molar-refractivity contribution in [2.45, 2.75) is 46.2 Å². The number of anilines is 1. The van der Waals surface area contributed by atoms with Gasteiger partial charge in [-0.3, -0.25) is 0 Å². The van der Waals surface area contributed by atoms with Crippen LogP contribution in [0.4, 0.5) is 5.69 Å². The van der Waals surface area contributed by atoms with E-state index in [-0.39, 0.29) is 5.54 Å². The summed E-state index contributed by atoms with van der Waals surface area (Å²) in [6.07, 6.45) is 0. The van der Waals surface area contributed by atoms with E-state index in [0.717, 1.165) is 37.8 Å². The smallest absolute Gasteiger partial charge is 0.210 e. The van der Waals surface area contributed by atoms with Gasteiger partial charge < -0.3 is 14.5 Å². The van der Waals surface area contributed by atoms with Gasteiger partial charge in [-0.05, 0) is 55.5 Å². The van der Waals surface area contributed by atoms with E-state index in [4.69, 9.17) is 4.74 Å². The average molecular weight is 374 g/mol. The predicted octanol–water partition coefficient (Wildman–Crippen LogP) is 1.54.